The van der Waals surface area contributed by atoms with E-state index in [9.17, 15) is 0 Å². The van der Waals surface area contributed by atoms with Gasteiger partial charge < -0.3 is 4.74 Å². The zero-order valence-corrected chi connectivity index (χ0v) is 20.8. The van der Waals surface area contributed by atoms with Gasteiger partial charge >= 0.3 is 0 Å². The van der Waals surface area contributed by atoms with Crippen LogP contribution in [0.25, 0.3) is 0 Å². The molecule has 1 rings (SSSR count). The molecule has 0 unspecified atom stereocenters. The lowest BCUT2D eigenvalue weighted by molar-refractivity contribution is -0.00695. The second-order valence-corrected chi connectivity index (χ2v) is 12.3. The molecule has 0 atom stereocenters. The van der Waals surface area contributed by atoms with Crippen LogP contribution in [0.2, 0.25) is 0 Å². The minimum atomic E-state index is 0.00789. The van der Waals surface area contributed by atoms with Gasteiger partial charge in [0.05, 0.1) is 18.9 Å². The number of nitrogens with zero attached hydrogens (tertiary/aromatic N) is 3. The fourth-order valence-corrected chi connectivity index (χ4v) is 3.36. The molecule has 0 N–H and O–H groups in total. The fraction of sp³-hybridized carbons (Fsp3) is 0.917. The Bertz CT molecular complexity index is 609. The van der Waals surface area contributed by atoms with Crippen LogP contribution in [0.15, 0.2) is 6.20 Å². The summed E-state index contributed by atoms with van der Waals surface area (Å²) in [6.07, 6.45) is 3.23. The number of hydrogen-bond donors (Lipinski definition) is 0. The summed E-state index contributed by atoms with van der Waals surface area (Å²) in [5, 5.41) is 8.97. The molecule has 0 amide bonds. The van der Waals surface area contributed by atoms with Crippen molar-refractivity contribution in [3.63, 3.8) is 0 Å². The summed E-state index contributed by atoms with van der Waals surface area (Å²) in [7, 11) is 0. The van der Waals surface area contributed by atoms with Crippen LogP contribution in [0.1, 0.15) is 95.2 Å². The zero-order chi connectivity index (χ0) is 22.0. The van der Waals surface area contributed by atoms with E-state index in [2.05, 4.69) is 99.6 Å². The molecule has 0 saturated heterocycles. The summed E-state index contributed by atoms with van der Waals surface area (Å²) in [5.74, 6) is 1.23. The van der Waals surface area contributed by atoms with Crippen LogP contribution >= 0.6 is 0 Å². The molecule has 1 aromatic heterocycles. The van der Waals surface area contributed by atoms with Crippen LogP contribution in [0.5, 0.6) is 0 Å². The van der Waals surface area contributed by atoms with Crippen molar-refractivity contribution in [3.8, 4) is 0 Å². The van der Waals surface area contributed by atoms with Gasteiger partial charge in [0.1, 0.15) is 0 Å². The molecule has 0 bridgehead atoms. The molecule has 4 nitrogen and oxygen atoms in total. The zero-order valence-electron chi connectivity index (χ0n) is 20.8. The van der Waals surface area contributed by atoms with Gasteiger partial charge in [0.2, 0.25) is 0 Å². The van der Waals surface area contributed by atoms with Crippen LogP contribution in [0, 0.1) is 28.1 Å². The van der Waals surface area contributed by atoms with E-state index >= 15 is 0 Å². The van der Waals surface area contributed by atoms with E-state index in [0.717, 1.165) is 31.9 Å². The predicted octanol–water partition coefficient (Wildman–Crippen LogP) is 6.35. The lowest BCUT2D eigenvalue weighted by Crippen LogP contribution is -2.31. The molecule has 28 heavy (non-hydrogen) atoms. The summed E-state index contributed by atoms with van der Waals surface area (Å²) in [6.45, 7) is 29.7. The Morgan fingerprint density at radius 3 is 1.89 bits per heavy atom. The Hall–Kier alpha value is -0.900. The van der Waals surface area contributed by atoms with Crippen molar-refractivity contribution < 1.29 is 4.74 Å². The monoisotopic (exact) mass is 393 g/mol. The van der Waals surface area contributed by atoms with E-state index < -0.39 is 0 Å². The van der Waals surface area contributed by atoms with E-state index in [0.29, 0.717) is 11.8 Å². The van der Waals surface area contributed by atoms with E-state index in [1.54, 1.807) is 0 Å². The van der Waals surface area contributed by atoms with Crippen molar-refractivity contribution in [3.05, 3.63) is 11.9 Å². The van der Waals surface area contributed by atoms with Crippen molar-refractivity contribution in [2.75, 3.05) is 13.2 Å². The fourth-order valence-electron chi connectivity index (χ4n) is 3.36. The van der Waals surface area contributed by atoms with Crippen LogP contribution in [0.4, 0.5) is 0 Å². The van der Waals surface area contributed by atoms with Crippen LogP contribution in [-0.4, -0.2) is 28.2 Å². The van der Waals surface area contributed by atoms with Gasteiger partial charge in [0, 0.05) is 23.6 Å². The lowest BCUT2D eigenvalue weighted by atomic mass is 9.68. The lowest BCUT2D eigenvalue weighted by Gasteiger charge is -2.36. The SMILES string of the molecule is CC(C)C(C)(C)COCC(C)(C)Cn1cc(C(C)(C)CC(C)(C)C(C)C)nn1. The molecule has 4 heteroatoms. The first-order chi connectivity index (χ1) is 12.5. The van der Waals surface area contributed by atoms with Gasteiger partial charge in [0.15, 0.2) is 0 Å². The summed E-state index contributed by atoms with van der Waals surface area (Å²) in [5.41, 5.74) is 1.57. The molecule has 164 valence electrons. The van der Waals surface area contributed by atoms with Crippen LogP contribution in [0.3, 0.4) is 0 Å². The Labute approximate surface area is 174 Å². The van der Waals surface area contributed by atoms with Gasteiger partial charge in [-0.05, 0) is 29.1 Å². The maximum atomic E-state index is 6.10. The second kappa shape index (κ2) is 8.85. The Morgan fingerprint density at radius 2 is 1.39 bits per heavy atom. The summed E-state index contributed by atoms with van der Waals surface area (Å²) >= 11 is 0. The molecule has 0 aliphatic carbocycles. The molecular weight excluding hydrogens is 346 g/mol. The standard InChI is InChI=1S/C24H47N3O/c1-18(2)22(7,8)14-23(9,10)20-13-27(26-25-20)15-21(5,6)16-28-17-24(11,12)19(3)4/h13,18-19H,14-17H2,1-12H3. The van der Waals surface area contributed by atoms with E-state index in [1.807, 2.05) is 4.68 Å². The molecule has 1 heterocycles. The van der Waals surface area contributed by atoms with Gasteiger partial charge in [-0.2, -0.15) is 0 Å². The van der Waals surface area contributed by atoms with Gasteiger partial charge in [-0.3, -0.25) is 4.68 Å². The van der Waals surface area contributed by atoms with Gasteiger partial charge in [-0.25, -0.2) is 0 Å². The minimum absolute atomic E-state index is 0.00789. The van der Waals surface area contributed by atoms with Crippen LogP contribution in [-0.2, 0) is 16.7 Å². The number of hydrogen-bond acceptors (Lipinski definition) is 3. The van der Waals surface area contributed by atoms with Crippen molar-refractivity contribution in [1.82, 2.24) is 15.0 Å². The molecule has 0 saturated carbocycles. The smallest absolute Gasteiger partial charge is 0.0883 e. The molecule has 0 aliphatic rings. The third-order valence-electron chi connectivity index (χ3n) is 6.81. The number of rotatable bonds is 11. The Morgan fingerprint density at radius 1 is 0.857 bits per heavy atom. The topological polar surface area (TPSA) is 39.9 Å². The first-order valence-electron chi connectivity index (χ1n) is 11.0. The molecule has 0 fully saturated rings. The van der Waals surface area contributed by atoms with Crippen LogP contribution < -0.4 is 0 Å². The second-order valence-electron chi connectivity index (χ2n) is 12.3. The number of aromatic nitrogens is 3. The van der Waals surface area contributed by atoms with Gasteiger partial charge in [-0.1, -0.05) is 88.3 Å². The first kappa shape index (κ1) is 25.1. The number of ether oxygens (including phenoxy) is 1. The first-order valence-corrected chi connectivity index (χ1v) is 11.0. The average Bonchev–Trinajstić information content (AvgIpc) is 2.93. The quantitative estimate of drug-likeness (QED) is 0.439. The molecule has 1 aromatic rings. The van der Waals surface area contributed by atoms with Crippen molar-refractivity contribution in [2.24, 2.45) is 28.1 Å². The van der Waals surface area contributed by atoms with Gasteiger partial charge in [-0.15, -0.1) is 5.10 Å². The van der Waals surface area contributed by atoms with Crippen molar-refractivity contribution >= 4 is 0 Å². The maximum absolute atomic E-state index is 6.10. The predicted molar refractivity (Wildman–Crippen MR) is 120 cm³/mol. The summed E-state index contributed by atoms with van der Waals surface area (Å²) < 4.78 is 8.10. The maximum Gasteiger partial charge on any atom is 0.0883 e. The van der Waals surface area contributed by atoms with Gasteiger partial charge in [0.25, 0.3) is 0 Å². The summed E-state index contributed by atoms with van der Waals surface area (Å²) in [4.78, 5) is 0. The molecule has 0 radical (unpaired) electrons. The Balaban J connectivity index is 2.73. The highest BCUT2D eigenvalue weighted by atomic mass is 16.5. The van der Waals surface area contributed by atoms with Crippen molar-refractivity contribution in [1.29, 1.82) is 0 Å². The van der Waals surface area contributed by atoms with Crippen molar-refractivity contribution in [2.45, 2.75) is 101 Å². The molecule has 0 aliphatic heterocycles. The molecule has 0 spiro atoms. The highest BCUT2D eigenvalue weighted by molar-refractivity contribution is 5.10. The average molecular weight is 394 g/mol. The summed E-state index contributed by atoms with van der Waals surface area (Å²) in [6, 6.07) is 0. The normalized spacial score (nSPS) is 14.4. The Kier molecular flexibility index (Phi) is 7.95. The third-order valence-corrected chi connectivity index (χ3v) is 6.81. The largest absolute Gasteiger partial charge is 0.380 e. The highest BCUT2D eigenvalue weighted by Gasteiger charge is 2.34. The molecule has 0 aromatic carbocycles. The van der Waals surface area contributed by atoms with E-state index in [4.69, 9.17) is 4.74 Å². The molecular formula is C24H47N3O. The highest BCUT2D eigenvalue weighted by Crippen LogP contribution is 2.40. The minimum Gasteiger partial charge on any atom is -0.380 e. The third kappa shape index (κ3) is 7.17. The van der Waals surface area contributed by atoms with E-state index in [1.165, 1.54) is 0 Å². The van der Waals surface area contributed by atoms with E-state index in [-0.39, 0.29) is 21.7 Å².